The molecule has 38 heavy (non-hydrogen) atoms. The van der Waals surface area contributed by atoms with Crippen molar-refractivity contribution >= 4 is 21.8 Å². The van der Waals surface area contributed by atoms with Gasteiger partial charge in [-0.15, -0.1) is 13.2 Å². The fourth-order valence-electron chi connectivity index (χ4n) is 4.26. The van der Waals surface area contributed by atoms with Gasteiger partial charge in [0, 0.05) is 0 Å². The van der Waals surface area contributed by atoms with Crippen LogP contribution in [-0.2, 0) is 19.6 Å². The summed E-state index contributed by atoms with van der Waals surface area (Å²) in [6.45, 7) is 1.26. The van der Waals surface area contributed by atoms with Gasteiger partial charge in [0.05, 0.1) is 16.7 Å². The van der Waals surface area contributed by atoms with E-state index in [2.05, 4.69) is 9.46 Å². The van der Waals surface area contributed by atoms with Crippen molar-refractivity contribution in [3.8, 4) is 11.5 Å². The van der Waals surface area contributed by atoms with E-state index in [-0.39, 0.29) is 5.75 Å². The van der Waals surface area contributed by atoms with Crippen LogP contribution in [0.4, 0.5) is 17.6 Å². The minimum absolute atomic E-state index is 0.0755. The zero-order valence-electron chi connectivity index (χ0n) is 19.5. The summed E-state index contributed by atoms with van der Waals surface area (Å²) in [5, 5.41) is 9.64. The first kappa shape index (κ1) is 27.1. The topological polar surface area (TPSA) is 113 Å². The van der Waals surface area contributed by atoms with E-state index in [1.165, 1.54) is 43.3 Å². The Morgan fingerprint density at radius 1 is 0.868 bits per heavy atom. The van der Waals surface area contributed by atoms with E-state index in [0.29, 0.717) is 11.1 Å². The van der Waals surface area contributed by atoms with Gasteiger partial charge in [-0.25, -0.2) is 12.8 Å². The number of carbonyl (C=O) groups excluding carboxylic acids is 2. The molecule has 0 saturated carbocycles. The Labute approximate surface area is 214 Å². The average Bonchev–Trinajstić information content (AvgIpc) is 3.09. The molecule has 1 aliphatic heterocycles. The fourth-order valence-corrected chi connectivity index (χ4v) is 5.45. The number of likely N-dealkylation sites (tertiary alicyclic amines) is 1. The number of benzene rings is 3. The van der Waals surface area contributed by atoms with E-state index in [4.69, 9.17) is 0 Å². The molecule has 1 aliphatic rings. The Hall–Kier alpha value is -3.97. The zero-order valence-corrected chi connectivity index (χ0v) is 20.3. The number of carbonyl (C=O) groups is 2. The smallest absolute Gasteiger partial charge is 0.508 e. The van der Waals surface area contributed by atoms with Gasteiger partial charge in [0.1, 0.15) is 23.5 Å². The lowest BCUT2D eigenvalue weighted by molar-refractivity contribution is -0.274. The minimum Gasteiger partial charge on any atom is -0.508 e. The molecule has 4 rings (SSSR count). The van der Waals surface area contributed by atoms with E-state index >= 15 is 0 Å². The molecule has 13 heteroatoms. The summed E-state index contributed by atoms with van der Waals surface area (Å²) in [5.74, 6) is -4.96. The number of imide groups is 1. The molecule has 0 spiro atoms. The first-order chi connectivity index (χ1) is 17.8. The highest BCUT2D eigenvalue weighted by atomic mass is 32.2. The molecule has 200 valence electrons. The Bertz CT molecular complexity index is 1380. The molecule has 0 radical (unpaired) electrons. The predicted octanol–water partition coefficient (Wildman–Crippen LogP) is 3.99. The Morgan fingerprint density at radius 2 is 1.34 bits per heavy atom. The average molecular weight is 553 g/mol. The van der Waals surface area contributed by atoms with Gasteiger partial charge in [-0.2, -0.15) is 4.72 Å². The number of nitrogens with zero attached hydrogens (tertiary/aromatic N) is 1. The summed E-state index contributed by atoms with van der Waals surface area (Å²) in [6.07, 6.45) is -6.35. The zero-order chi connectivity index (χ0) is 27.8. The third-order valence-electron chi connectivity index (χ3n) is 5.90. The third kappa shape index (κ3) is 5.63. The molecule has 3 atom stereocenters. The van der Waals surface area contributed by atoms with Gasteiger partial charge in [-0.05, 0) is 66.6 Å². The van der Waals surface area contributed by atoms with Crippen molar-refractivity contribution < 1.29 is 45.4 Å². The third-order valence-corrected chi connectivity index (χ3v) is 7.45. The summed E-state index contributed by atoms with van der Waals surface area (Å²) >= 11 is 0. The lowest BCUT2D eigenvalue weighted by Crippen LogP contribution is -2.49. The number of halogens is 4. The number of rotatable bonds is 7. The van der Waals surface area contributed by atoms with Gasteiger partial charge >= 0.3 is 6.36 Å². The second kappa shape index (κ2) is 10.1. The van der Waals surface area contributed by atoms with Gasteiger partial charge in [0.25, 0.3) is 0 Å². The maximum atomic E-state index is 13.5. The second-order valence-corrected chi connectivity index (χ2v) is 10.2. The highest BCUT2D eigenvalue weighted by Crippen LogP contribution is 2.42. The molecule has 0 bridgehead atoms. The first-order valence-corrected chi connectivity index (χ1v) is 12.5. The SMILES string of the molecule is CC(NS(=O)(=O)c1ccc(OC(F)(F)F)cc1)N1C(=O)C(c2ccc(O)cc2)C(c2ccc(F)cc2)C1=O. The first-order valence-electron chi connectivity index (χ1n) is 11.1. The summed E-state index contributed by atoms with van der Waals surface area (Å²) < 4.78 is 82.4. The normalized spacial score (nSPS) is 19.0. The molecule has 0 aromatic heterocycles. The van der Waals surface area contributed by atoms with Crippen LogP contribution in [0, 0.1) is 5.82 Å². The molecule has 3 unspecified atom stereocenters. The van der Waals surface area contributed by atoms with Crippen molar-refractivity contribution in [2.24, 2.45) is 0 Å². The largest absolute Gasteiger partial charge is 0.573 e. The van der Waals surface area contributed by atoms with Crippen LogP contribution in [0.5, 0.6) is 11.5 Å². The van der Waals surface area contributed by atoms with Gasteiger partial charge in [-0.1, -0.05) is 24.3 Å². The molecule has 3 aromatic carbocycles. The predicted molar refractivity (Wildman–Crippen MR) is 125 cm³/mol. The molecule has 3 aromatic rings. The molecule has 1 heterocycles. The number of hydrogen-bond acceptors (Lipinski definition) is 6. The van der Waals surface area contributed by atoms with Gasteiger partial charge in [0.2, 0.25) is 21.8 Å². The molecule has 0 aliphatic carbocycles. The summed E-state index contributed by atoms with van der Waals surface area (Å²) in [5.41, 5.74) is 0.689. The van der Waals surface area contributed by atoms with E-state index in [1.807, 2.05) is 0 Å². The minimum atomic E-state index is -4.96. The molecule has 2 N–H and O–H groups in total. The summed E-state index contributed by atoms with van der Waals surface area (Å²) in [7, 11) is -4.40. The van der Waals surface area contributed by atoms with E-state index in [9.17, 15) is 40.7 Å². The lowest BCUT2D eigenvalue weighted by Gasteiger charge is -2.24. The van der Waals surface area contributed by atoms with Gasteiger partial charge < -0.3 is 9.84 Å². The number of amides is 2. The van der Waals surface area contributed by atoms with Crippen LogP contribution in [0.1, 0.15) is 29.9 Å². The van der Waals surface area contributed by atoms with Crippen LogP contribution in [0.3, 0.4) is 0 Å². The van der Waals surface area contributed by atoms with E-state index in [1.54, 1.807) is 0 Å². The quantitative estimate of drug-likeness (QED) is 0.339. The Morgan fingerprint density at radius 3 is 1.82 bits per heavy atom. The Kier molecular flexibility index (Phi) is 7.17. The summed E-state index contributed by atoms with van der Waals surface area (Å²) in [6, 6.07) is 13.9. The van der Waals surface area contributed by atoms with Gasteiger partial charge in [-0.3, -0.25) is 14.5 Å². The molecule has 2 amide bonds. The highest BCUT2D eigenvalue weighted by Gasteiger charge is 2.51. The van der Waals surface area contributed by atoms with Crippen LogP contribution in [0.25, 0.3) is 0 Å². The standard InChI is InChI=1S/C25H20F4N2O6S/c1-14(30-38(35,36)20-12-10-19(11-13-20)37-25(27,28)29)31-23(33)21(15-2-6-17(26)7-3-15)22(24(31)34)16-4-8-18(32)9-5-16/h2-14,21-22,30,32H,1H3. The number of alkyl halides is 3. The van der Waals surface area contributed by atoms with Crippen LogP contribution in [0.2, 0.25) is 0 Å². The Balaban J connectivity index is 1.63. The molecular weight excluding hydrogens is 532 g/mol. The van der Waals surface area contributed by atoms with E-state index in [0.717, 1.165) is 41.3 Å². The number of phenols is 1. The number of sulfonamides is 1. The number of nitrogens with one attached hydrogen (secondary N) is 1. The van der Waals surface area contributed by atoms with Crippen LogP contribution < -0.4 is 9.46 Å². The molecule has 1 saturated heterocycles. The number of hydrogen-bond donors (Lipinski definition) is 2. The van der Waals surface area contributed by atoms with Crippen molar-refractivity contribution in [2.75, 3.05) is 0 Å². The summed E-state index contributed by atoms with van der Waals surface area (Å²) in [4.78, 5) is 27.3. The maximum absolute atomic E-state index is 13.5. The second-order valence-electron chi connectivity index (χ2n) is 8.46. The fraction of sp³-hybridized carbons (Fsp3) is 0.200. The monoisotopic (exact) mass is 552 g/mol. The number of ether oxygens (including phenoxy) is 1. The number of phenolic OH excluding ortho intramolecular Hbond substituents is 1. The van der Waals surface area contributed by atoms with Crippen molar-refractivity contribution in [1.29, 1.82) is 0 Å². The maximum Gasteiger partial charge on any atom is 0.573 e. The van der Waals surface area contributed by atoms with Crippen LogP contribution in [0.15, 0.2) is 77.7 Å². The lowest BCUT2D eigenvalue weighted by atomic mass is 9.83. The molecular formula is C25H20F4N2O6S. The van der Waals surface area contributed by atoms with Crippen molar-refractivity contribution in [1.82, 2.24) is 9.62 Å². The van der Waals surface area contributed by atoms with Crippen LogP contribution >= 0.6 is 0 Å². The van der Waals surface area contributed by atoms with Crippen LogP contribution in [-0.4, -0.2) is 42.8 Å². The molecule has 8 nitrogen and oxygen atoms in total. The van der Waals surface area contributed by atoms with Crippen molar-refractivity contribution in [3.05, 3.63) is 89.7 Å². The highest BCUT2D eigenvalue weighted by molar-refractivity contribution is 7.89. The van der Waals surface area contributed by atoms with E-state index < -0.39 is 62.7 Å². The molecule has 1 fully saturated rings. The van der Waals surface area contributed by atoms with Gasteiger partial charge in [0.15, 0.2) is 0 Å². The number of aromatic hydroxyl groups is 1. The van der Waals surface area contributed by atoms with Crippen molar-refractivity contribution in [2.45, 2.75) is 36.2 Å². The van der Waals surface area contributed by atoms with Crippen molar-refractivity contribution in [3.63, 3.8) is 0 Å².